The van der Waals surface area contributed by atoms with Gasteiger partial charge in [0, 0.05) is 11.6 Å². The first-order valence-corrected chi connectivity index (χ1v) is 8.50. The number of likely N-dealkylation sites (tertiary alicyclic amines) is 1. The van der Waals surface area contributed by atoms with E-state index in [9.17, 15) is 0 Å². The van der Waals surface area contributed by atoms with Crippen LogP contribution in [0.15, 0.2) is 0 Å². The molecule has 0 spiro atoms. The van der Waals surface area contributed by atoms with Gasteiger partial charge in [0.2, 0.25) is 0 Å². The van der Waals surface area contributed by atoms with Gasteiger partial charge in [-0.2, -0.15) is 0 Å². The summed E-state index contributed by atoms with van der Waals surface area (Å²) in [5, 5.41) is 3.83. The van der Waals surface area contributed by atoms with E-state index in [1.165, 1.54) is 51.6 Å². The van der Waals surface area contributed by atoms with E-state index < -0.39 is 0 Å². The minimum atomic E-state index is 0.299. The van der Waals surface area contributed by atoms with Crippen LogP contribution in [-0.4, -0.2) is 36.1 Å². The Bertz CT molecular complexity index is 231. The molecular weight excluding hydrogens is 232 g/mol. The predicted octanol–water partition coefficient (Wildman–Crippen LogP) is 4.06. The highest BCUT2D eigenvalue weighted by Gasteiger charge is 2.36. The molecule has 0 aromatic carbocycles. The van der Waals surface area contributed by atoms with Crippen LogP contribution in [0.1, 0.15) is 73.1 Å². The fourth-order valence-corrected chi connectivity index (χ4v) is 3.47. The fourth-order valence-electron chi connectivity index (χ4n) is 3.47. The Labute approximate surface area is 121 Å². The molecule has 114 valence electrons. The van der Waals surface area contributed by atoms with Crippen molar-refractivity contribution in [3.8, 4) is 0 Å². The van der Waals surface area contributed by atoms with Crippen molar-refractivity contribution < 1.29 is 0 Å². The van der Waals surface area contributed by atoms with Crippen LogP contribution in [-0.2, 0) is 0 Å². The minimum absolute atomic E-state index is 0.299. The van der Waals surface area contributed by atoms with Crippen LogP contribution < -0.4 is 5.32 Å². The van der Waals surface area contributed by atoms with Gasteiger partial charge in [0.15, 0.2) is 0 Å². The van der Waals surface area contributed by atoms with E-state index in [0.717, 1.165) is 12.5 Å². The van der Waals surface area contributed by atoms with Crippen LogP contribution in [0.2, 0.25) is 0 Å². The largest absolute Gasteiger partial charge is 0.312 e. The SMILES string of the molecule is CCCNC(CC(C)CCC)C(C)(C)N1CCCC1. The van der Waals surface area contributed by atoms with E-state index in [0.29, 0.717) is 11.6 Å². The summed E-state index contributed by atoms with van der Waals surface area (Å²) in [7, 11) is 0. The van der Waals surface area contributed by atoms with E-state index in [4.69, 9.17) is 0 Å². The van der Waals surface area contributed by atoms with Crippen molar-refractivity contribution in [1.29, 1.82) is 0 Å². The highest BCUT2D eigenvalue weighted by atomic mass is 15.2. The highest BCUT2D eigenvalue weighted by molar-refractivity contribution is 4.95. The molecule has 0 saturated carbocycles. The number of rotatable bonds is 9. The van der Waals surface area contributed by atoms with E-state index in [1.807, 2.05) is 0 Å². The first kappa shape index (κ1) is 17.0. The molecule has 2 unspecified atom stereocenters. The molecule has 1 N–H and O–H groups in total. The summed E-state index contributed by atoms with van der Waals surface area (Å²) < 4.78 is 0. The molecule has 19 heavy (non-hydrogen) atoms. The molecule has 0 aromatic rings. The second-order valence-electron chi connectivity index (χ2n) is 6.98. The van der Waals surface area contributed by atoms with E-state index in [2.05, 4.69) is 44.8 Å². The van der Waals surface area contributed by atoms with Crippen LogP contribution in [0.3, 0.4) is 0 Å². The minimum Gasteiger partial charge on any atom is -0.312 e. The first-order valence-electron chi connectivity index (χ1n) is 8.50. The number of nitrogens with one attached hydrogen (secondary N) is 1. The second kappa shape index (κ2) is 8.26. The lowest BCUT2D eigenvalue weighted by molar-refractivity contribution is 0.0941. The smallest absolute Gasteiger partial charge is 0.0306 e. The quantitative estimate of drug-likeness (QED) is 0.678. The summed E-state index contributed by atoms with van der Waals surface area (Å²) in [6, 6.07) is 0.632. The summed E-state index contributed by atoms with van der Waals surface area (Å²) in [5.41, 5.74) is 0.299. The molecule has 1 fully saturated rings. The van der Waals surface area contributed by atoms with Crippen molar-refractivity contribution in [3.05, 3.63) is 0 Å². The van der Waals surface area contributed by atoms with E-state index >= 15 is 0 Å². The number of nitrogens with zero attached hydrogens (tertiary/aromatic N) is 1. The van der Waals surface area contributed by atoms with Gasteiger partial charge in [0.25, 0.3) is 0 Å². The fraction of sp³-hybridized carbons (Fsp3) is 1.00. The molecule has 1 saturated heterocycles. The van der Waals surface area contributed by atoms with Gasteiger partial charge in [-0.25, -0.2) is 0 Å². The Kier molecular flexibility index (Phi) is 7.38. The Morgan fingerprint density at radius 2 is 1.74 bits per heavy atom. The van der Waals surface area contributed by atoms with Gasteiger partial charge in [-0.15, -0.1) is 0 Å². The van der Waals surface area contributed by atoms with Gasteiger partial charge in [0.05, 0.1) is 0 Å². The molecule has 0 aromatic heterocycles. The number of hydrogen-bond acceptors (Lipinski definition) is 2. The zero-order valence-electron chi connectivity index (χ0n) is 14.0. The first-order chi connectivity index (χ1) is 9.02. The molecule has 2 nitrogen and oxygen atoms in total. The Hall–Kier alpha value is -0.0800. The van der Waals surface area contributed by atoms with Crippen molar-refractivity contribution in [1.82, 2.24) is 10.2 Å². The van der Waals surface area contributed by atoms with Gasteiger partial charge in [-0.05, 0) is 65.1 Å². The third-order valence-electron chi connectivity index (χ3n) is 4.83. The van der Waals surface area contributed by atoms with Crippen molar-refractivity contribution in [2.75, 3.05) is 19.6 Å². The van der Waals surface area contributed by atoms with Crippen LogP contribution >= 0.6 is 0 Å². The Morgan fingerprint density at radius 1 is 1.11 bits per heavy atom. The standard InChI is InChI=1S/C17H36N2/c1-6-10-15(3)14-16(18-11-7-2)17(4,5)19-12-8-9-13-19/h15-16,18H,6-14H2,1-5H3. The zero-order valence-corrected chi connectivity index (χ0v) is 14.0. The molecule has 0 bridgehead atoms. The predicted molar refractivity (Wildman–Crippen MR) is 85.7 cm³/mol. The molecule has 1 aliphatic heterocycles. The third kappa shape index (κ3) is 5.07. The average molecular weight is 268 g/mol. The molecule has 1 rings (SSSR count). The van der Waals surface area contributed by atoms with Crippen LogP contribution in [0.5, 0.6) is 0 Å². The van der Waals surface area contributed by atoms with Crippen molar-refractivity contribution in [2.45, 2.75) is 84.7 Å². The normalized spacial score (nSPS) is 20.7. The van der Waals surface area contributed by atoms with Gasteiger partial charge < -0.3 is 5.32 Å². The molecule has 1 aliphatic rings. The number of hydrogen-bond donors (Lipinski definition) is 1. The summed E-state index contributed by atoms with van der Waals surface area (Å²) in [4.78, 5) is 2.71. The molecule has 0 radical (unpaired) electrons. The zero-order chi connectivity index (χ0) is 14.3. The molecule has 2 heteroatoms. The summed E-state index contributed by atoms with van der Waals surface area (Å²) in [6.45, 7) is 15.6. The molecule has 1 heterocycles. The molecule has 0 amide bonds. The van der Waals surface area contributed by atoms with Crippen LogP contribution in [0, 0.1) is 5.92 Å². The van der Waals surface area contributed by atoms with Gasteiger partial charge in [-0.1, -0.05) is 33.6 Å². The third-order valence-corrected chi connectivity index (χ3v) is 4.83. The van der Waals surface area contributed by atoms with Crippen LogP contribution in [0.25, 0.3) is 0 Å². The molecular formula is C17H36N2. The van der Waals surface area contributed by atoms with Gasteiger partial charge in [0.1, 0.15) is 0 Å². The van der Waals surface area contributed by atoms with Gasteiger partial charge >= 0.3 is 0 Å². The monoisotopic (exact) mass is 268 g/mol. The van der Waals surface area contributed by atoms with E-state index in [1.54, 1.807) is 0 Å². The van der Waals surface area contributed by atoms with Crippen molar-refractivity contribution in [3.63, 3.8) is 0 Å². The topological polar surface area (TPSA) is 15.3 Å². The summed E-state index contributed by atoms with van der Waals surface area (Å²) in [5.74, 6) is 0.834. The second-order valence-corrected chi connectivity index (χ2v) is 6.98. The molecule has 0 aliphatic carbocycles. The van der Waals surface area contributed by atoms with Gasteiger partial charge in [-0.3, -0.25) is 4.90 Å². The average Bonchev–Trinajstić information content (AvgIpc) is 2.89. The lowest BCUT2D eigenvalue weighted by Crippen LogP contribution is -2.57. The van der Waals surface area contributed by atoms with Crippen molar-refractivity contribution in [2.24, 2.45) is 5.92 Å². The van der Waals surface area contributed by atoms with Crippen molar-refractivity contribution >= 4 is 0 Å². The summed E-state index contributed by atoms with van der Waals surface area (Å²) >= 11 is 0. The maximum absolute atomic E-state index is 3.83. The lowest BCUT2D eigenvalue weighted by atomic mass is 9.84. The highest BCUT2D eigenvalue weighted by Crippen LogP contribution is 2.28. The Morgan fingerprint density at radius 3 is 2.26 bits per heavy atom. The summed E-state index contributed by atoms with van der Waals surface area (Å²) in [6.07, 6.45) is 7.99. The van der Waals surface area contributed by atoms with E-state index in [-0.39, 0.29) is 0 Å². The Balaban J connectivity index is 2.64. The van der Waals surface area contributed by atoms with Crippen LogP contribution in [0.4, 0.5) is 0 Å². The maximum atomic E-state index is 3.83. The lowest BCUT2D eigenvalue weighted by Gasteiger charge is -2.43. The molecule has 2 atom stereocenters. The maximum Gasteiger partial charge on any atom is 0.0306 e.